The fourth-order valence-electron chi connectivity index (χ4n) is 1.70. The Kier molecular flexibility index (Phi) is 3.73. The van der Waals surface area contributed by atoms with E-state index in [1.807, 2.05) is 12.1 Å². The number of hydrogen-bond acceptors (Lipinski definition) is 3. The summed E-state index contributed by atoms with van der Waals surface area (Å²) in [5, 5.41) is 4.28. The molecule has 2 aromatic carbocycles. The number of thiazole rings is 1. The Labute approximate surface area is 133 Å². The molecule has 0 spiro atoms. The molecule has 3 rings (SSSR count). The molecule has 102 valence electrons. The second kappa shape index (κ2) is 5.37. The van der Waals surface area contributed by atoms with Crippen molar-refractivity contribution < 1.29 is 4.39 Å². The van der Waals surface area contributed by atoms with E-state index in [9.17, 15) is 4.39 Å². The normalized spacial score (nSPS) is 11.0. The molecule has 1 N–H and O–H groups in total. The molecule has 0 saturated heterocycles. The molecule has 1 aromatic heterocycles. The number of hydrogen-bond donors (Lipinski definition) is 1. The van der Waals surface area contributed by atoms with Crippen LogP contribution in [0.25, 0.3) is 10.2 Å². The standard InChI is InChI=1S/C13H6Cl3FN2S/c14-6-1-2-10-11(3-6)20-13(19-10)18-7-4-8(15)12(17)9(16)5-7/h1-5H,(H,18,19). The molecule has 0 aliphatic rings. The van der Waals surface area contributed by atoms with Gasteiger partial charge in [-0.2, -0.15) is 0 Å². The third kappa shape index (κ3) is 2.69. The van der Waals surface area contributed by atoms with Crippen LogP contribution in [0.5, 0.6) is 0 Å². The van der Waals surface area contributed by atoms with Crippen molar-refractivity contribution in [1.29, 1.82) is 0 Å². The van der Waals surface area contributed by atoms with Crippen LogP contribution >= 0.6 is 46.1 Å². The van der Waals surface area contributed by atoms with Gasteiger partial charge in [0.25, 0.3) is 0 Å². The van der Waals surface area contributed by atoms with Crippen LogP contribution in [-0.2, 0) is 0 Å². The highest BCUT2D eigenvalue weighted by molar-refractivity contribution is 7.22. The zero-order valence-electron chi connectivity index (χ0n) is 9.75. The van der Waals surface area contributed by atoms with Crippen LogP contribution in [0.2, 0.25) is 15.1 Å². The van der Waals surface area contributed by atoms with Crippen LogP contribution in [0.1, 0.15) is 0 Å². The maximum atomic E-state index is 13.3. The van der Waals surface area contributed by atoms with Crippen molar-refractivity contribution in [3.63, 3.8) is 0 Å². The first kappa shape index (κ1) is 13.9. The van der Waals surface area contributed by atoms with Gasteiger partial charge in [-0.25, -0.2) is 9.37 Å². The average Bonchev–Trinajstić information content (AvgIpc) is 2.77. The number of rotatable bonds is 2. The smallest absolute Gasteiger partial charge is 0.188 e. The van der Waals surface area contributed by atoms with E-state index in [4.69, 9.17) is 34.8 Å². The molecule has 7 heteroatoms. The minimum atomic E-state index is -0.630. The van der Waals surface area contributed by atoms with Crippen molar-refractivity contribution in [2.45, 2.75) is 0 Å². The summed E-state index contributed by atoms with van der Waals surface area (Å²) >= 11 is 18.9. The van der Waals surface area contributed by atoms with Crippen LogP contribution < -0.4 is 5.32 Å². The third-order valence-electron chi connectivity index (χ3n) is 2.59. The Morgan fingerprint density at radius 1 is 1.05 bits per heavy atom. The van der Waals surface area contributed by atoms with E-state index in [0.717, 1.165) is 10.2 Å². The Hall–Kier alpha value is -1.07. The lowest BCUT2D eigenvalue weighted by Crippen LogP contribution is -1.91. The number of fused-ring (bicyclic) bond motifs is 1. The van der Waals surface area contributed by atoms with Gasteiger partial charge in [-0.3, -0.25) is 0 Å². The highest BCUT2D eigenvalue weighted by Gasteiger charge is 2.09. The molecule has 3 aromatic rings. The predicted octanol–water partition coefficient (Wildman–Crippen LogP) is 6.14. The maximum Gasteiger partial charge on any atom is 0.188 e. The largest absolute Gasteiger partial charge is 0.331 e. The molecule has 0 saturated carbocycles. The SMILES string of the molecule is Fc1c(Cl)cc(Nc2nc3ccc(Cl)cc3s2)cc1Cl. The summed E-state index contributed by atoms with van der Waals surface area (Å²) in [6, 6.07) is 8.37. The third-order valence-corrected chi connectivity index (χ3v) is 4.30. The Morgan fingerprint density at radius 3 is 2.45 bits per heavy atom. The number of halogens is 4. The molecule has 0 atom stereocenters. The number of benzene rings is 2. The van der Waals surface area contributed by atoms with E-state index in [1.54, 1.807) is 6.07 Å². The summed E-state index contributed by atoms with van der Waals surface area (Å²) in [6.45, 7) is 0. The molecular formula is C13H6Cl3FN2S. The van der Waals surface area contributed by atoms with E-state index in [0.29, 0.717) is 15.8 Å². The summed E-state index contributed by atoms with van der Waals surface area (Å²) in [4.78, 5) is 4.40. The van der Waals surface area contributed by atoms with Crippen LogP contribution in [0.15, 0.2) is 30.3 Å². The number of nitrogens with zero attached hydrogens (tertiary/aromatic N) is 1. The second-order valence-electron chi connectivity index (χ2n) is 4.01. The number of aromatic nitrogens is 1. The summed E-state index contributed by atoms with van der Waals surface area (Å²) in [5.74, 6) is -0.630. The molecule has 0 bridgehead atoms. The Bertz CT molecular complexity index is 780. The monoisotopic (exact) mass is 346 g/mol. The molecule has 20 heavy (non-hydrogen) atoms. The molecule has 0 radical (unpaired) electrons. The summed E-state index contributed by atoms with van der Waals surface area (Å²) < 4.78 is 14.3. The fraction of sp³-hybridized carbons (Fsp3) is 0. The van der Waals surface area contributed by atoms with Gasteiger partial charge in [0.1, 0.15) is 0 Å². The average molecular weight is 348 g/mol. The van der Waals surface area contributed by atoms with Gasteiger partial charge in [0.15, 0.2) is 10.9 Å². The summed E-state index contributed by atoms with van der Waals surface area (Å²) in [6.07, 6.45) is 0. The molecule has 0 unspecified atom stereocenters. The van der Waals surface area contributed by atoms with Crippen molar-refractivity contribution in [3.05, 3.63) is 51.2 Å². The van der Waals surface area contributed by atoms with Crippen molar-refractivity contribution in [1.82, 2.24) is 4.98 Å². The van der Waals surface area contributed by atoms with Crippen LogP contribution in [0.3, 0.4) is 0 Å². The van der Waals surface area contributed by atoms with E-state index in [-0.39, 0.29) is 10.0 Å². The minimum Gasteiger partial charge on any atom is -0.331 e. The van der Waals surface area contributed by atoms with Gasteiger partial charge in [-0.1, -0.05) is 46.1 Å². The quantitative estimate of drug-likeness (QED) is 0.563. The van der Waals surface area contributed by atoms with Crippen molar-refractivity contribution in [3.8, 4) is 0 Å². The molecular weight excluding hydrogens is 342 g/mol. The first-order chi connectivity index (χ1) is 9.52. The van der Waals surface area contributed by atoms with Crippen molar-refractivity contribution in [2.24, 2.45) is 0 Å². The van der Waals surface area contributed by atoms with Crippen LogP contribution in [-0.4, -0.2) is 4.98 Å². The fourth-order valence-corrected chi connectivity index (χ4v) is 3.35. The number of nitrogens with one attached hydrogen (secondary N) is 1. The molecule has 1 heterocycles. The zero-order chi connectivity index (χ0) is 14.3. The molecule has 0 fully saturated rings. The lowest BCUT2D eigenvalue weighted by atomic mass is 10.3. The maximum absolute atomic E-state index is 13.3. The predicted molar refractivity (Wildman–Crippen MR) is 84.3 cm³/mol. The second-order valence-corrected chi connectivity index (χ2v) is 6.29. The van der Waals surface area contributed by atoms with E-state index in [1.165, 1.54) is 23.5 Å². The first-order valence-corrected chi connectivity index (χ1v) is 7.45. The van der Waals surface area contributed by atoms with Gasteiger partial charge < -0.3 is 5.32 Å². The van der Waals surface area contributed by atoms with E-state index in [2.05, 4.69) is 10.3 Å². The van der Waals surface area contributed by atoms with Gasteiger partial charge >= 0.3 is 0 Å². The minimum absolute atomic E-state index is 0.0378. The number of anilines is 2. The Balaban J connectivity index is 1.96. The van der Waals surface area contributed by atoms with Gasteiger partial charge in [0.2, 0.25) is 0 Å². The highest BCUT2D eigenvalue weighted by atomic mass is 35.5. The van der Waals surface area contributed by atoms with E-state index >= 15 is 0 Å². The summed E-state index contributed by atoms with van der Waals surface area (Å²) in [5.41, 5.74) is 1.41. The van der Waals surface area contributed by atoms with Crippen molar-refractivity contribution >= 4 is 67.2 Å². The lowest BCUT2D eigenvalue weighted by molar-refractivity contribution is 0.629. The molecule has 2 nitrogen and oxygen atoms in total. The van der Waals surface area contributed by atoms with Crippen molar-refractivity contribution in [2.75, 3.05) is 5.32 Å². The lowest BCUT2D eigenvalue weighted by Gasteiger charge is -2.05. The highest BCUT2D eigenvalue weighted by Crippen LogP contribution is 2.33. The van der Waals surface area contributed by atoms with Gasteiger partial charge in [0, 0.05) is 10.7 Å². The van der Waals surface area contributed by atoms with E-state index < -0.39 is 5.82 Å². The van der Waals surface area contributed by atoms with Gasteiger partial charge in [-0.05, 0) is 30.3 Å². The molecule has 0 aliphatic heterocycles. The van der Waals surface area contributed by atoms with Crippen LogP contribution in [0, 0.1) is 5.82 Å². The summed E-state index contributed by atoms with van der Waals surface area (Å²) in [7, 11) is 0. The topological polar surface area (TPSA) is 24.9 Å². The first-order valence-electron chi connectivity index (χ1n) is 5.50. The Morgan fingerprint density at radius 2 is 1.75 bits per heavy atom. The zero-order valence-corrected chi connectivity index (χ0v) is 12.8. The van der Waals surface area contributed by atoms with Gasteiger partial charge in [-0.15, -0.1) is 0 Å². The van der Waals surface area contributed by atoms with Crippen LogP contribution in [0.4, 0.5) is 15.2 Å². The molecule has 0 amide bonds. The van der Waals surface area contributed by atoms with Gasteiger partial charge in [0.05, 0.1) is 20.3 Å². The molecule has 0 aliphatic carbocycles.